The molecule has 0 saturated carbocycles. The summed E-state index contributed by atoms with van der Waals surface area (Å²) in [5.41, 5.74) is 0.861. The second-order valence-corrected chi connectivity index (χ2v) is 2.27. The Labute approximate surface area is 85.1 Å². The molecule has 0 aliphatic rings. The molecule has 0 heterocycles. The maximum absolute atomic E-state index is 10.9. The first-order valence-corrected chi connectivity index (χ1v) is 3.68. The second kappa shape index (κ2) is 5.90. The number of hydrogen-bond donors (Lipinski definition) is 1. The Morgan fingerprint density at radius 2 is 1.92 bits per heavy atom. The van der Waals surface area contributed by atoms with Gasteiger partial charge in [0.1, 0.15) is 0 Å². The summed E-state index contributed by atoms with van der Waals surface area (Å²) < 4.78 is 0. The Bertz CT molecular complexity index is 236. The molecule has 0 saturated heterocycles. The molecule has 1 aromatic rings. The van der Waals surface area contributed by atoms with Crippen molar-refractivity contribution < 1.29 is 24.3 Å². The van der Waals surface area contributed by atoms with Gasteiger partial charge >= 0.3 is 0 Å². The van der Waals surface area contributed by atoms with Gasteiger partial charge in [0.15, 0.2) is 0 Å². The van der Waals surface area contributed by atoms with Gasteiger partial charge in [-0.25, -0.2) is 0 Å². The van der Waals surface area contributed by atoms with Crippen LogP contribution in [-0.4, -0.2) is 5.91 Å². The summed E-state index contributed by atoms with van der Waals surface area (Å²) >= 11 is 0. The number of hydrogen-bond acceptors (Lipinski definition) is 1. The van der Waals surface area contributed by atoms with Crippen LogP contribution in [-0.2, 0) is 24.3 Å². The average Bonchev–Trinajstić information content (AvgIpc) is 2.06. The van der Waals surface area contributed by atoms with E-state index in [-0.39, 0.29) is 25.4 Å². The summed E-state index contributed by atoms with van der Waals surface area (Å²) in [6.07, 6.45) is 0.523. The van der Waals surface area contributed by atoms with E-state index in [9.17, 15) is 4.79 Å². The Hall–Kier alpha value is -0.687. The van der Waals surface area contributed by atoms with Crippen molar-refractivity contribution in [3.05, 3.63) is 30.3 Å². The van der Waals surface area contributed by atoms with Gasteiger partial charge in [0.05, 0.1) is 0 Å². The molecule has 0 bridgehead atoms. The molecule has 1 N–H and O–H groups in total. The van der Waals surface area contributed by atoms with E-state index >= 15 is 0 Å². The Morgan fingerprint density at radius 3 is 2.42 bits per heavy atom. The smallest absolute Gasteiger partial charge is 0.224 e. The number of carbonyl (C=O) groups excluding carboxylic acids is 1. The monoisotopic (exact) mass is 213 g/mol. The molecule has 1 amide bonds. The first-order valence-electron chi connectivity index (χ1n) is 3.68. The molecule has 60 valence electrons. The fourth-order valence-electron chi connectivity index (χ4n) is 0.771. The van der Waals surface area contributed by atoms with E-state index in [4.69, 9.17) is 0 Å². The molecular weight excluding hydrogens is 203 g/mol. The number of nitrogens with one attached hydrogen (secondary N) is 1. The molecule has 0 unspecified atom stereocenters. The standard InChI is InChI=1S/C9H11NO.Zn/c1-2-9(11)10-8-6-4-3-5-7-8;/h3-7H,2H2,1H3,(H,10,11);. The van der Waals surface area contributed by atoms with Crippen molar-refractivity contribution in [1.82, 2.24) is 0 Å². The zero-order chi connectivity index (χ0) is 8.10. The van der Waals surface area contributed by atoms with Crippen molar-refractivity contribution >= 4 is 11.6 Å². The first kappa shape index (κ1) is 11.3. The third kappa shape index (κ3) is 3.63. The third-order valence-electron chi connectivity index (χ3n) is 1.38. The summed E-state index contributed by atoms with van der Waals surface area (Å²) in [6.45, 7) is 1.83. The topological polar surface area (TPSA) is 29.1 Å². The zero-order valence-electron chi connectivity index (χ0n) is 7.21. The number of benzene rings is 1. The number of rotatable bonds is 2. The summed E-state index contributed by atoms with van der Waals surface area (Å²) in [6, 6.07) is 9.44. The summed E-state index contributed by atoms with van der Waals surface area (Å²) in [5, 5.41) is 2.75. The van der Waals surface area contributed by atoms with E-state index in [0.717, 1.165) is 5.69 Å². The molecule has 1 rings (SSSR count). The van der Waals surface area contributed by atoms with E-state index in [1.165, 1.54) is 0 Å². The molecular formula is C9H11NOZn. The van der Waals surface area contributed by atoms with Crippen molar-refractivity contribution in [2.75, 3.05) is 5.32 Å². The molecule has 1 aromatic carbocycles. The van der Waals surface area contributed by atoms with Crippen molar-refractivity contribution in [3.63, 3.8) is 0 Å². The maximum Gasteiger partial charge on any atom is 0.224 e. The number of amides is 1. The van der Waals surface area contributed by atoms with Crippen molar-refractivity contribution in [3.8, 4) is 0 Å². The minimum absolute atomic E-state index is 0. The predicted octanol–water partition coefficient (Wildman–Crippen LogP) is 2.03. The van der Waals surface area contributed by atoms with Crippen LogP contribution in [0.1, 0.15) is 13.3 Å². The average molecular weight is 215 g/mol. The van der Waals surface area contributed by atoms with Gasteiger partial charge < -0.3 is 5.32 Å². The molecule has 0 aliphatic heterocycles. The van der Waals surface area contributed by atoms with Gasteiger partial charge in [-0.2, -0.15) is 0 Å². The summed E-state index contributed by atoms with van der Waals surface area (Å²) in [5.74, 6) is 0.0520. The van der Waals surface area contributed by atoms with Gasteiger partial charge in [0.25, 0.3) is 0 Å². The van der Waals surface area contributed by atoms with E-state index in [1.807, 2.05) is 37.3 Å². The summed E-state index contributed by atoms with van der Waals surface area (Å²) in [4.78, 5) is 10.9. The minimum Gasteiger partial charge on any atom is -0.326 e. The van der Waals surface area contributed by atoms with Crippen LogP contribution < -0.4 is 5.32 Å². The number of anilines is 1. The second-order valence-electron chi connectivity index (χ2n) is 2.27. The maximum atomic E-state index is 10.9. The zero-order valence-corrected chi connectivity index (χ0v) is 10.2. The fourth-order valence-corrected chi connectivity index (χ4v) is 0.771. The Kier molecular flexibility index (Phi) is 5.56. The third-order valence-corrected chi connectivity index (χ3v) is 1.38. The number of para-hydroxylation sites is 1. The van der Waals surface area contributed by atoms with E-state index < -0.39 is 0 Å². The van der Waals surface area contributed by atoms with E-state index in [2.05, 4.69) is 5.32 Å². The van der Waals surface area contributed by atoms with Crippen LogP contribution in [0.25, 0.3) is 0 Å². The van der Waals surface area contributed by atoms with Gasteiger partial charge in [-0.15, -0.1) is 0 Å². The molecule has 0 spiro atoms. The van der Waals surface area contributed by atoms with Crippen molar-refractivity contribution in [2.45, 2.75) is 13.3 Å². The van der Waals surface area contributed by atoms with Gasteiger partial charge in [-0.05, 0) is 12.1 Å². The molecule has 0 aromatic heterocycles. The van der Waals surface area contributed by atoms with Crippen LogP contribution in [0.2, 0.25) is 0 Å². The van der Waals surface area contributed by atoms with Crippen molar-refractivity contribution in [1.29, 1.82) is 0 Å². The molecule has 0 fully saturated rings. The van der Waals surface area contributed by atoms with Gasteiger partial charge in [0.2, 0.25) is 5.91 Å². The molecule has 2 nitrogen and oxygen atoms in total. The Morgan fingerprint density at radius 1 is 1.33 bits per heavy atom. The normalized spacial score (nSPS) is 8.42. The van der Waals surface area contributed by atoms with Gasteiger partial charge in [-0.3, -0.25) is 4.79 Å². The van der Waals surface area contributed by atoms with Crippen LogP contribution in [0.3, 0.4) is 0 Å². The van der Waals surface area contributed by atoms with Gasteiger partial charge in [-0.1, -0.05) is 25.1 Å². The molecule has 0 atom stereocenters. The van der Waals surface area contributed by atoms with Crippen LogP contribution in [0.5, 0.6) is 0 Å². The van der Waals surface area contributed by atoms with Crippen LogP contribution in [0.15, 0.2) is 30.3 Å². The largest absolute Gasteiger partial charge is 0.326 e. The first-order chi connectivity index (χ1) is 5.33. The van der Waals surface area contributed by atoms with E-state index in [0.29, 0.717) is 6.42 Å². The molecule has 0 aliphatic carbocycles. The number of carbonyl (C=O) groups is 1. The quantitative estimate of drug-likeness (QED) is 0.750. The molecule has 12 heavy (non-hydrogen) atoms. The van der Waals surface area contributed by atoms with Crippen LogP contribution >= 0.6 is 0 Å². The SMILES string of the molecule is CCC(=O)Nc1ccccc1.[Zn]. The minimum atomic E-state index is 0. The van der Waals surface area contributed by atoms with E-state index in [1.54, 1.807) is 0 Å². The Balaban J connectivity index is 0.00000121. The van der Waals surface area contributed by atoms with Crippen molar-refractivity contribution in [2.24, 2.45) is 0 Å². The van der Waals surface area contributed by atoms with Crippen LogP contribution in [0.4, 0.5) is 5.69 Å². The fraction of sp³-hybridized carbons (Fsp3) is 0.222. The van der Waals surface area contributed by atoms with Crippen LogP contribution in [0, 0.1) is 0 Å². The summed E-state index contributed by atoms with van der Waals surface area (Å²) in [7, 11) is 0. The molecule has 0 radical (unpaired) electrons. The van der Waals surface area contributed by atoms with Gasteiger partial charge in [0, 0.05) is 31.6 Å². The predicted molar refractivity (Wildman–Crippen MR) is 45.4 cm³/mol. The molecule has 3 heteroatoms.